The van der Waals surface area contributed by atoms with Crippen molar-refractivity contribution in [2.24, 2.45) is 17.3 Å². The summed E-state index contributed by atoms with van der Waals surface area (Å²) < 4.78 is 0. The molecule has 0 heterocycles. The first-order valence-electron chi connectivity index (χ1n) is 6.98. The number of carbonyl (C=O) groups is 2. The molecular formula is C15H24O2. The van der Waals surface area contributed by atoms with Gasteiger partial charge in [0.25, 0.3) is 0 Å². The molecule has 96 valence electrons. The third-order valence-corrected chi connectivity index (χ3v) is 3.78. The fraction of sp³-hybridized carbons (Fsp3) is 0.867. The van der Waals surface area contributed by atoms with Crippen LogP contribution in [0.3, 0.4) is 0 Å². The Kier molecular flexibility index (Phi) is 3.70. The van der Waals surface area contributed by atoms with Crippen LogP contribution in [0, 0.1) is 17.3 Å². The minimum absolute atomic E-state index is 0.127. The van der Waals surface area contributed by atoms with Gasteiger partial charge in [0, 0.05) is 25.7 Å². The smallest absolute Gasteiger partial charge is 0.133 e. The molecular weight excluding hydrogens is 212 g/mol. The molecule has 0 unspecified atom stereocenters. The minimum atomic E-state index is -0.127. The number of carbonyl (C=O) groups excluding carboxylic acids is 2. The fourth-order valence-corrected chi connectivity index (χ4v) is 2.56. The van der Waals surface area contributed by atoms with Crippen molar-refractivity contribution in [1.29, 1.82) is 0 Å². The number of hydrogen-bond donors (Lipinski definition) is 0. The van der Waals surface area contributed by atoms with Crippen LogP contribution in [-0.2, 0) is 9.59 Å². The maximum atomic E-state index is 11.8. The third kappa shape index (κ3) is 5.01. The summed E-state index contributed by atoms with van der Waals surface area (Å²) in [6.45, 7) is 4.12. The Morgan fingerprint density at radius 1 is 0.882 bits per heavy atom. The van der Waals surface area contributed by atoms with Gasteiger partial charge in [0.1, 0.15) is 11.6 Å². The first-order chi connectivity index (χ1) is 7.94. The largest absolute Gasteiger partial charge is 0.300 e. The molecule has 0 aromatic rings. The Morgan fingerprint density at radius 3 is 1.53 bits per heavy atom. The Labute approximate surface area is 104 Å². The average Bonchev–Trinajstić information content (AvgIpc) is 2.96. The summed E-state index contributed by atoms with van der Waals surface area (Å²) in [4.78, 5) is 23.6. The van der Waals surface area contributed by atoms with Crippen LogP contribution in [0.4, 0.5) is 0 Å². The molecule has 0 saturated heterocycles. The highest BCUT2D eigenvalue weighted by Crippen LogP contribution is 2.37. The SMILES string of the molecule is CC(C)(CC(=O)CC1CC1)CC(=O)CC1CC1. The van der Waals surface area contributed by atoms with E-state index in [1.54, 1.807) is 0 Å². The highest BCUT2D eigenvalue weighted by molar-refractivity contribution is 5.83. The molecule has 0 amide bonds. The zero-order valence-corrected chi connectivity index (χ0v) is 11.1. The molecule has 0 aromatic heterocycles. The molecule has 0 aromatic carbocycles. The number of ketones is 2. The zero-order chi connectivity index (χ0) is 12.5. The van der Waals surface area contributed by atoms with E-state index < -0.39 is 0 Å². The van der Waals surface area contributed by atoms with Crippen LogP contribution in [0.5, 0.6) is 0 Å². The summed E-state index contributed by atoms with van der Waals surface area (Å²) in [5, 5.41) is 0. The highest BCUT2D eigenvalue weighted by atomic mass is 16.1. The molecule has 0 atom stereocenters. The van der Waals surface area contributed by atoms with Crippen LogP contribution in [0.15, 0.2) is 0 Å². The Bertz CT molecular complexity index is 279. The standard InChI is InChI=1S/C15H24O2/c1-15(2,9-13(16)7-11-3-4-11)10-14(17)8-12-5-6-12/h11-12H,3-10H2,1-2H3. The highest BCUT2D eigenvalue weighted by Gasteiger charge is 2.31. The molecule has 2 fully saturated rings. The van der Waals surface area contributed by atoms with Gasteiger partial charge < -0.3 is 0 Å². The van der Waals surface area contributed by atoms with Gasteiger partial charge in [0.2, 0.25) is 0 Å². The molecule has 0 spiro atoms. The fourth-order valence-electron chi connectivity index (χ4n) is 2.56. The lowest BCUT2D eigenvalue weighted by molar-refractivity contribution is -0.124. The monoisotopic (exact) mass is 236 g/mol. The van der Waals surface area contributed by atoms with Crippen LogP contribution in [0.2, 0.25) is 0 Å². The van der Waals surface area contributed by atoms with Gasteiger partial charge in [0.15, 0.2) is 0 Å². The Morgan fingerprint density at radius 2 is 1.24 bits per heavy atom. The quantitative estimate of drug-likeness (QED) is 0.646. The predicted molar refractivity (Wildman–Crippen MR) is 67.7 cm³/mol. The lowest BCUT2D eigenvalue weighted by Gasteiger charge is -2.22. The molecule has 2 rings (SSSR count). The summed E-state index contributed by atoms with van der Waals surface area (Å²) in [5.74, 6) is 2.05. The van der Waals surface area contributed by atoms with E-state index in [1.807, 2.05) is 0 Å². The lowest BCUT2D eigenvalue weighted by Crippen LogP contribution is -2.21. The summed E-state index contributed by atoms with van der Waals surface area (Å²) >= 11 is 0. The third-order valence-electron chi connectivity index (χ3n) is 3.78. The van der Waals surface area contributed by atoms with Crippen molar-refractivity contribution >= 4 is 11.6 Å². The molecule has 17 heavy (non-hydrogen) atoms. The normalized spacial score (nSPS) is 20.4. The number of rotatable bonds is 8. The second-order valence-corrected chi connectivity index (χ2v) is 6.89. The number of Topliss-reactive ketones (excluding diaryl/α,β-unsaturated/α-hetero) is 2. The van der Waals surface area contributed by atoms with E-state index in [0.717, 1.165) is 12.8 Å². The van der Waals surface area contributed by atoms with Crippen molar-refractivity contribution in [2.75, 3.05) is 0 Å². The van der Waals surface area contributed by atoms with Crippen molar-refractivity contribution < 1.29 is 9.59 Å². The summed E-state index contributed by atoms with van der Waals surface area (Å²) in [6, 6.07) is 0. The summed E-state index contributed by atoms with van der Waals surface area (Å²) in [6.07, 6.45) is 7.58. The molecule has 2 aliphatic carbocycles. The van der Waals surface area contributed by atoms with Crippen molar-refractivity contribution in [1.82, 2.24) is 0 Å². The van der Waals surface area contributed by atoms with Gasteiger partial charge in [-0.25, -0.2) is 0 Å². The Hall–Kier alpha value is -0.660. The van der Waals surface area contributed by atoms with E-state index in [-0.39, 0.29) is 5.41 Å². The molecule has 2 saturated carbocycles. The van der Waals surface area contributed by atoms with E-state index in [2.05, 4.69) is 13.8 Å². The second-order valence-electron chi connectivity index (χ2n) is 6.89. The summed E-state index contributed by atoms with van der Waals surface area (Å²) in [7, 11) is 0. The average molecular weight is 236 g/mol. The van der Waals surface area contributed by atoms with Crippen molar-refractivity contribution in [2.45, 2.75) is 65.2 Å². The van der Waals surface area contributed by atoms with E-state index in [0.29, 0.717) is 36.2 Å². The molecule has 2 nitrogen and oxygen atoms in total. The predicted octanol–water partition coefficient (Wildman–Crippen LogP) is 3.53. The van der Waals surface area contributed by atoms with Gasteiger partial charge in [-0.05, 0) is 42.9 Å². The summed E-state index contributed by atoms with van der Waals surface area (Å²) in [5.41, 5.74) is -0.127. The first kappa shape index (κ1) is 12.8. The minimum Gasteiger partial charge on any atom is -0.300 e. The lowest BCUT2D eigenvalue weighted by atomic mass is 9.81. The van der Waals surface area contributed by atoms with Gasteiger partial charge >= 0.3 is 0 Å². The van der Waals surface area contributed by atoms with Gasteiger partial charge in [0.05, 0.1) is 0 Å². The molecule has 0 aliphatic heterocycles. The first-order valence-corrected chi connectivity index (χ1v) is 6.98. The van der Waals surface area contributed by atoms with Gasteiger partial charge in [-0.2, -0.15) is 0 Å². The maximum absolute atomic E-state index is 11.8. The molecule has 2 heteroatoms. The Balaban J connectivity index is 1.71. The van der Waals surface area contributed by atoms with Crippen LogP contribution in [-0.4, -0.2) is 11.6 Å². The molecule has 0 N–H and O–H groups in total. The molecule has 0 radical (unpaired) electrons. The van der Waals surface area contributed by atoms with Crippen molar-refractivity contribution in [3.8, 4) is 0 Å². The van der Waals surface area contributed by atoms with Crippen LogP contribution < -0.4 is 0 Å². The van der Waals surface area contributed by atoms with Crippen LogP contribution >= 0.6 is 0 Å². The van der Waals surface area contributed by atoms with Gasteiger partial charge in [-0.15, -0.1) is 0 Å². The van der Waals surface area contributed by atoms with Crippen molar-refractivity contribution in [3.05, 3.63) is 0 Å². The molecule has 2 aliphatic rings. The van der Waals surface area contributed by atoms with Gasteiger partial charge in [-0.3, -0.25) is 9.59 Å². The number of hydrogen-bond acceptors (Lipinski definition) is 2. The van der Waals surface area contributed by atoms with E-state index >= 15 is 0 Å². The zero-order valence-electron chi connectivity index (χ0n) is 11.1. The van der Waals surface area contributed by atoms with E-state index in [1.165, 1.54) is 25.7 Å². The second kappa shape index (κ2) is 4.91. The maximum Gasteiger partial charge on any atom is 0.133 e. The topological polar surface area (TPSA) is 34.1 Å². The van der Waals surface area contributed by atoms with Crippen LogP contribution in [0.25, 0.3) is 0 Å². The van der Waals surface area contributed by atoms with E-state index in [9.17, 15) is 9.59 Å². The van der Waals surface area contributed by atoms with Crippen LogP contribution in [0.1, 0.15) is 65.2 Å². The molecule has 0 bridgehead atoms. The van der Waals surface area contributed by atoms with E-state index in [4.69, 9.17) is 0 Å². The van der Waals surface area contributed by atoms with Gasteiger partial charge in [-0.1, -0.05) is 13.8 Å². The van der Waals surface area contributed by atoms with Crippen molar-refractivity contribution in [3.63, 3.8) is 0 Å².